The van der Waals surface area contributed by atoms with Crippen LogP contribution in [0.1, 0.15) is 142 Å². The Morgan fingerprint density at radius 2 is 0.879 bits per heavy atom. The minimum Gasteiger partial charge on any atom is -0.508 e. The Morgan fingerprint density at radius 3 is 1.30 bits per heavy atom. The fourth-order valence-corrected chi connectivity index (χ4v) is 9.68. The summed E-state index contributed by atoms with van der Waals surface area (Å²) in [5, 5.41) is 32.0. The molecule has 0 fully saturated rings. The summed E-state index contributed by atoms with van der Waals surface area (Å²) in [5.74, 6) is 2.45. The lowest BCUT2D eigenvalue weighted by atomic mass is 9.68. The van der Waals surface area contributed by atoms with Gasteiger partial charge in [0.25, 0.3) is 0 Å². The Hall–Kier alpha value is -6.58. The van der Waals surface area contributed by atoms with Crippen molar-refractivity contribution in [3.63, 3.8) is 0 Å². The topological polar surface area (TPSA) is 60.7 Å². The van der Waals surface area contributed by atoms with Crippen molar-refractivity contribution in [2.45, 2.75) is 111 Å². The molecule has 0 aromatic heterocycles. The molecule has 0 heterocycles. The largest absolute Gasteiger partial charge is 0.508 e. The van der Waals surface area contributed by atoms with Gasteiger partial charge in [0.05, 0.1) is 5.41 Å². The molecule has 10 rings (SSSR count). The maximum atomic E-state index is 9.85. The molecule has 0 amide bonds. The van der Waals surface area contributed by atoms with Crippen LogP contribution in [0.5, 0.6) is 17.2 Å². The molecule has 2 aliphatic carbocycles. The fraction of sp³-hybridized carbons (Fsp3) is 0.270. The number of rotatable bonds is 8. The first kappa shape index (κ1) is 48.9. The predicted octanol–water partition coefficient (Wildman–Crippen LogP) is 17.0. The summed E-state index contributed by atoms with van der Waals surface area (Å²) in [6.45, 7) is 17.4. The highest BCUT2D eigenvalue weighted by Gasteiger charge is 2.45. The van der Waals surface area contributed by atoms with Crippen LogP contribution in [0, 0.1) is 0 Å². The first-order valence-corrected chi connectivity index (χ1v) is 24.3. The number of fused-ring (bicyclic) bond motifs is 3. The average Bonchev–Trinajstić information content (AvgIpc) is 3.82. The van der Waals surface area contributed by atoms with Crippen molar-refractivity contribution in [2.75, 3.05) is 0 Å². The lowest BCUT2D eigenvalue weighted by molar-refractivity contribution is 0.473. The SMILES string of the molecule is CC.CC(CC1c2cccc3cccc(c23)C1C)c1ccc(O)cc1.CCCC.CCc1ccc(CC)cc1.Oc1ccc(C2(c3ccc(O)cc3)c3ccccc3-c3ccccc32)cc1. The van der Waals surface area contributed by atoms with Crippen molar-refractivity contribution < 1.29 is 15.3 Å². The molecule has 3 unspecified atom stereocenters. The van der Waals surface area contributed by atoms with Crippen molar-refractivity contribution in [1.82, 2.24) is 0 Å². The Balaban J connectivity index is 0.000000167. The molecule has 0 radical (unpaired) electrons. The van der Waals surface area contributed by atoms with Crippen LogP contribution in [0.4, 0.5) is 0 Å². The molecule has 3 atom stereocenters. The summed E-state index contributed by atoms with van der Waals surface area (Å²) in [6, 6.07) is 61.8. The van der Waals surface area contributed by atoms with Crippen LogP contribution in [0.15, 0.2) is 182 Å². The van der Waals surface area contributed by atoms with Crippen molar-refractivity contribution in [3.8, 4) is 28.4 Å². The summed E-state index contributed by atoms with van der Waals surface area (Å²) >= 11 is 0. The normalized spacial score (nSPS) is 14.9. The first-order valence-electron chi connectivity index (χ1n) is 24.3. The van der Waals surface area contributed by atoms with Crippen LogP contribution in [-0.2, 0) is 18.3 Å². The Bertz CT molecular complexity index is 2610. The smallest absolute Gasteiger partial charge is 0.115 e. The van der Waals surface area contributed by atoms with Gasteiger partial charge in [0.15, 0.2) is 0 Å². The van der Waals surface area contributed by atoms with E-state index in [0.717, 1.165) is 30.4 Å². The zero-order valence-electron chi connectivity index (χ0n) is 40.4. The van der Waals surface area contributed by atoms with Crippen LogP contribution in [-0.4, -0.2) is 15.3 Å². The van der Waals surface area contributed by atoms with Gasteiger partial charge in [0.1, 0.15) is 17.2 Å². The molecular formula is C63H70O3. The molecule has 3 nitrogen and oxygen atoms in total. The molecular weight excluding hydrogens is 805 g/mol. The molecule has 0 saturated carbocycles. The zero-order valence-corrected chi connectivity index (χ0v) is 40.4. The lowest BCUT2D eigenvalue weighted by Crippen LogP contribution is -2.28. The monoisotopic (exact) mass is 875 g/mol. The number of hydrogen-bond donors (Lipinski definition) is 3. The Labute approximate surface area is 395 Å². The van der Waals surface area contributed by atoms with Gasteiger partial charge in [-0.25, -0.2) is 0 Å². The van der Waals surface area contributed by atoms with Gasteiger partial charge in [-0.3, -0.25) is 0 Å². The van der Waals surface area contributed by atoms with Crippen molar-refractivity contribution in [3.05, 3.63) is 232 Å². The van der Waals surface area contributed by atoms with E-state index in [2.05, 4.69) is 151 Å². The van der Waals surface area contributed by atoms with E-state index in [4.69, 9.17) is 0 Å². The molecule has 0 bridgehead atoms. The summed E-state index contributed by atoms with van der Waals surface area (Å²) in [7, 11) is 0. The highest BCUT2D eigenvalue weighted by molar-refractivity contribution is 5.92. The molecule has 8 aromatic carbocycles. The minimum absolute atomic E-state index is 0.249. The number of unbranched alkanes of at least 4 members (excludes halogenated alkanes) is 1. The molecule has 0 aliphatic heterocycles. The summed E-state index contributed by atoms with van der Waals surface area (Å²) in [6.07, 6.45) is 6.06. The Morgan fingerprint density at radius 1 is 0.470 bits per heavy atom. The van der Waals surface area contributed by atoms with Crippen LogP contribution < -0.4 is 0 Å². The van der Waals surface area contributed by atoms with Gasteiger partial charge in [-0.05, 0) is 145 Å². The van der Waals surface area contributed by atoms with Crippen LogP contribution in [0.3, 0.4) is 0 Å². The summed E-state index contributed by atoms with van der Waals surface area (Å²) in [5.41, 5.74) is 13.7. The molecule has 66 heavy (non-hydrogen) atoms. The van der Waals surface area contributed by atoms with E-state index >= 15 is 0 Å². The molecule has 3 N–H and O–H groups in total. The highest BCUT2D eigenvalue weighted by Crippen LogP contribution is 2.56. The van der Waals surface area contributed by atoms with Crippen LogP contribution in [0.2, 0.25) is 0 Å². The second-order valence-electron chi connectivity index (χ2n) is 17.4. The van der Waals surface area contributed by atoms with Crippen molar-refractivity contribution in [2.24, 2.45) is 0 Å². The van der Waals surface area contributed by atoms with E-state index < -0.39 is 5.41 Å². The van der Waals surface area contributed by atoms with Gasteiger partial charge in [-0.1, -0.05) is 214 Å². The molecule has 340 valence electrons. The Kier molecular flexibility index (Phi) is 17.1. The first-order chi connectivity index (χ1) is 32.1. The number of phenols is 3. The molecule has 3 heteroatoms. The fourth-order valence-electron chi connectivity index (χ4n) is 9.68. The van der Waals surface area contributed by atoms with Crippen LogP contribution in [0.25, 0.3) is 21.9 Å². The standard InChI is InChI=1S/C25H18O2.C22H22O.C10H14.C4H10.C2H6/c26-19-13-9-17(10-14-19)25(18-11-15-20(27)16-12-18)23-7-3-1-5-21(23)22-6-2-4-8-24(22)25;1-14(16-9-11-18(23)12-10-16)13-21-15(2)19-7-3-5-17-6-4-8-20(21)22(17)19;1-3-9-5-7-10(4-2)8-6-9;1-3-4-2;1-2/h1-16,26-27H;3-12,14-15,21,23H,13H2,1-2H3;5-8H,3-4H2,1-2H3;3-4H2,1-2H3;1-2H3. The molecule has 2 aliphatic rings. The summed E-state index contributed by atoms with van der Waals surface area (Å²) in [4.78, 5) is 0. The third-order valence-corrected chi connectivity index (χ3v) is 13.4. The van der Waals surface area contributed by atoms with Crippen LogP contribution >= 0.6 is 0 Å². The number of benzene rings is 8. The third-order valence-electron chi connectivity index (χ3n) is 13.4. The highest BCUT2D eigenvalue weighted by atomic mass is 16.3. The molecule has 0 saturated heterocycles. The number of phenolic OH excluding ortho intramolecular Hbond substituents is 3. The van der Waals surface area contributed by atoms with Gasteiger partial charge >= 0.3 is 0 Å². The van der Waals surface area contributed by atoms with E-state index in [9.17, 15) is 15.3 Å². The van der Waals surface area contributed by atoms with E-state index in [1.165, 1.54) is 73.7 Å². The predicted molar refractivity (Wildman–Crippen MR) is 280 cm³/mol. The lowest BCUT2D eigenvalue weighted by Gasteiger charge is -2.33. The minimum atomic E-state index is -0.491. The summed E-state index contributed by atoms with van der Waals surface area (Å²) < 4.78 is 0. The second kappa shape index (κ2) is 23.0. The number of hydrogen-bond acceptors (Lipinski definition) is 3. The van der Waals surface area contributed by atoms with Gasteiger partial charge in [-0.15, -0.1) is 0 Å². The zero-order chi connectivity index (χ0) is 47.2. The maximum Gasteiger partial charge on any atom is 0.115 e. The van der Waals surface area contributed by atoms with Crippen molar-refractivity contribution >= 4 is 10.8 Å². The van der Waals surface area contributed by atoms with Gasteiger partial charge < -0.3 is 15.3 Å². The second-order valence-corrected chi connectivity index (χ2v) is 17.4. The van der Waals surface area contributed by atoms with Gasteiger partial charge in [0.2, 0.25) is 0 Å². The van der Waals surface area contributed by atoms with E-state index in [-0.39, 0.29) is 11.5 Å². The van der Waals surface area contributed by atoms with E-state index in [0.29, 0.717) is 23.5 Å². The molecule has 0 spiro atoms. The maximum absolute atomic E-state index is 9.85. The van der Waals surface area contributed by atoms with Gasteiger partial charge in [-0.2, -0.15) is 0 Å². The number of aryl methyl sites for hydroxylation is 2. The van der Waals surface area contributed by atoms with E-state index in [1.54, 1.807) is 36.4 Å². The molecule has 8 aromatic rings. The quantitative estimate of drug-likeness (QED) is 0.143. The van der Waals surface area contributed by atoms with Gasteiger partial charge in [0, 0.05) is 0 Å². The average molecular weight is 875 g/mol. The van der Waals surface area contributed by atoms with E-state index in [1.807, 2.05) is 50.2 Å². The third kappa shape index (κ3) is 10.4. The number of aromatic hydroxyl groups is 3. The van der Waals surface area contributed by atoms with Crippen molar-refractivity contribution in [1.29, 1.82) is 0 Å².